The van der Waals surface area contributed by atoms with Gasteiger partial charge in [-0.3, -0.25) is 4.98 Å². The highest BCUT2D eigenvalue weighted by molar-refractivity contribution is 5.62. The second-order valence-corrected chi connectivity index (χ2v) is 4.15. The third-order valence-electron chi connectivity index (χ3n) is 2.55. The lowest BCUT2D eigenvalue weighted by Crippen LogP contribution is -2.08. The van der Waals surface area contributed by atoms with Gasteiger partial charge in [-0.1, -0.05) is 0 Å². The lowest BCUT2D eigenvalue weighted by Gasteiger charge is -2.13. The molecule has 0 amide bonds. The quantitative estimate of drug-likeness (QED) is 0.855. The number of pyridine rings is 2. The van der Waals surface area contributed by atoms with Crippen LogP contribution in [-0.4, -0.2) is 34.3 Å². The predicted octanol–water partition coefficient (Wildman–Crippen LogP) is 1.41. The lowest BCUT2D eigenvalue weighted by molar-refractivity contribution is 0.276. The summed E-state index contributed by atoms with van der Waals surface area (Å²) in [5, 5.41) is 18.6. The van der Waals surface area contributed by atoms with Crippen LogP contribution in [0.5, 0.6) is 5.75 Å². The number of hydrogen-bond acceptors (Lipinski definition) is 5. The average Bonchev–Trinajstić information content (AvgIpc) is 2.38. The largest absolute Gasteiger partial charge is 0.508 e. The molecular weight excluding hydrogens is 230 g/mol. The molecule has 2 aromatic heterocycles. The van der Waals surface area contributed by atoms with Crippen molar-refractivity contribution in [2.75, 3.05) is 19.0 Å². The van der Waals surface area contributed by atoms with Gasteiger partial charge in [-0.15, -0.1) is 0 Å². The topological polar surface area (TPSA) is 69.5 Å². The maximum Gasteiger partial charge on any atom is 0.119 e. The van der Waals surface area contributed by atoms with Gasteiger partial charge >= 0.3 is 0 Å². The summed E-state index contributed by atoms with van der Waals surface area (Å²) in [6, 6.07) is 6.72. The lowest BCUT2D eigenvalue weighted by atomic mass is 10.2. The molecular formula is C13H15N3O2. The van der Waals surface area contributed by atoms with Gasteiger partial charge in [-0.05, 0) is 12.1 Å². The molecule has 5 nitrogen and oxygen atoms in total. The first-order valence-corrected chi connectivity index (χ1v) is 5.54. The molecule has 0 spiro atoms. The Kier molecular flexibility index (Phi) is 3.43. The van der Waals surface area contributed by atoms with Gasteiger partial charge in [0, 0.05) is 38.1 Å². The van der Waals surface area contributed by atoms with Gasteiger partial charge in [-0.2, -0.15) is 0 Å². The highest BCUT2D eigenvalue weighted by atomic mass is 16.3. The normalized spacial score (nSPS) is 10.4. The molecule has 0 fully saturated rings. The number of aromatic hydroxyl groups is 1. The van der Waals surface area contributed by atoms with Gasteiger partial charge in [0.25, 0.3) is 0 Å². The molecule has 0 atom stereocenters. The minimum Gasteiger partial charge on any atom is -0.508 e. The maximum atomic E-state index is 9.58. The zero-order valence-electron chi connectivity index (χ0n) is 10.3. The maximum absolute atomic E-state index is 9.58. The Morgan fingerprint density at radius 1 is 1.17 bits per heavy atom. The van der Waals surface area contributed by atoms with E-state index in [1.165, 1.54) is 12.1 Å². The number of nitrogens with zero attached hydrogens (tertiary/aromatic N) is 3. The third kappa shape index (κ3) is 2.57. The SMILES string of the molecule is CN(C)c1ccnc(-c2cc(O)cc(CO)n2)c1. The van der Waals surface area contributed by atoms with Crippen molar-refractivity contribution >= 4 is 5.69 Å². The molecule has 0 aliphatic carbocycles. The van der Waals surface area contributed by atoms with E-state index < -0.39 is 0 Å². The van der Waals surface area contributed by atoms with Crippen LogP contribution in [0.25, 0.3) is 11.4 Å². The standard InChI is InChI=1S/C13H15N3O2/c1-16(2)10-3-4-14-12(6-10)13-7-11(18)5-9(8-17)15-13/h3-7,17H,8H2,1-2H3,(H,15,18). The van der Waals surface area contributed by atoms with E-state index in [1.807, 2.05) is 31.1 Å². The smallest absolute Gasteiger partial charge is 0.119 e. The van der Waals surface area contributed by atoms with Crippen LogP contribution >= 0.6 is 0 Å². The summed E-state index contributed by atoms with van der Waals surface area (Å²) >= 11 is 0. The summed E-state index contributed by atoms with van der Waals surface area (Å²) in [4.78, 5) is 10.4. The second-order valence-electron chi connectivity index (χ2n) is 4.15. The molecule has 0 unspecified atom stereocenters. The van der Waals surface area contributed by atoms with Crippen molar-refractivity contribution in [2.24, 2.45) is 0 Å². The fourth-order valence-corrected chi connectivity index (χ4v) is 1.62. The molecule has 5 heteroatoms. The summed E-state index contributed by atoms with van der Waals surface area (Å²) in [5.41, 5.74) is 2.62. The van der Waals surface area contributed by atoms with Crippen molar-refractivity contribution in [1.82, 2.24) is 9.97 Å². The van der Waals surface area contributed by atoms with Crippen LogP contribution < -0.4 is 4.90 Å². The molecule has 0 radical (unpaired) electrons. The minimum atomic E-state index is -0.214. The van der Waals surface area contributed by atoms with Crippen molar-refractivity contribution < 1.29 is 10.2 Å². The third-order valence-corrected chi connectivity index (χ3v) is 2.55. The van der Waals surface area contributed by atoms with Crippen molar-refractivity contribution in [3.05, 3.63) is 36.2 Å². The van der Waals surface area contributed by atoms with Crippen molar-refractivity contribution in [1.29, 1.82) is 0 Å². The summed E-state index contributed by atoms with van der Waals surface area (Å²) < 4.78 is 0. The first-order valence-electron chi connectivity index (χ1n) is 5.54. The zero-order chi connectivity index (χ0) is 13.1. The first-order chi connectivity index (χ1) is 8.60. The summed E-state index contributed by atoms with van der Waals surface area (Å²) in [5.74, 6) is 0.0705. The Morgan fingerprint density at radius 3 is 2.61 bits per heavy atom. The second kappa shape index (κ2) is 5.01. The van der Waals surface area contributed by atoms with Crippen molar-refractivity contribution in [3.8, 4) is 17.1 Å². The molecule has 18 heavy (non-hydrogen) atoms. The Hall–Kier alpha value is -2.14. The monoisotopic (exact) mass is 245 g/mol. The summed E-state index contributed by atoms with van der Waals surface area (Å²) in [7, 11) is 3.88. The molecule has 0 aromatic carbocycles. The van der Waals surface area contributed by atoms with Gasteiger partial charge < -0.3 is 15.1 Å². The molecule has 2 aromatic rings. The number of hydrogen-bond donors (Lipinski definition) is 2. The number of aliphatic hydroxyl groups excluding tert-OH is 1. The molecule has 0 bridgehead atoms. The van der Waals surface area contributed by atoms with Crippen LogP contribution in [0.3, 0.4) is 0 Å². The predicted molar refractivity (Wildman–Crippen MR) is 69.4 cm³/mol. The van der Waals surface area contributed by atoms with Gasteiger partial charge in [0.05, 0.1) is 23.7 Å². The Morgan fingerprint density at radius 2 is 1.94 bits per heavy atom. The molecule has 0 aliphatic rings. The van der Waals surface area contributed by atoms with E-state index in [0.717, 1.165) is 5.69 Å². The number of aliphatic hydroxyl groups is 1. The Bertz CT molecular complexity index is 556. The van der Waals surface area contributed by atoms with E-state index in [2.05, 4.69) is 9.97 Å². The molecule has 0 saturated heterocycles. The number of anilines is 1. The summed E-state index contributed by atoms with van der Waals surface area (Å²) in [6.45, 7) is -0.214. The van der Waals surface area contributed by atoms with Crippen LogP contribution in [0, 0.1) is 0 Å². The van der Waals surface area contributed by atoms with E-state index in [9.17, 15) is 5.11 Å². The van der Waals surface area contributed by atoms with Crippen LogP contribution in [0.1, 0.15) is 5.69 Å². The minimum absolute atomic E-state index is 0.0705. The fourth-order valence-electron chi connectivity index (χ4n) is 1.62. The summed E-state index contributed by atoms with van der Waals surface area (Å²) in [6.07, 6.45) is 1.69. The van der Waals surface area contributed by atoms with E-state index in [-0.39, 0.29) is 12.4 Å². The van der Waals surface area contributed by atoms with Crippen LogP contribution in [0.4, 0.5) is 5.69 Å². The molecule has 0 aliphatic heterocycles. The molecule has 94 valence electrons. The van der Waals surface area contributed by atoms with E-state index in [4.69, 9.17) is 5.11 Å². The van der Waals surface area contributed by atoms with E-state index in [1.54, 1.807) is 6.20 Å². The van der Waals surface area contributed by atoms with Crippen LogP contribution in [0.15, 0.2) is 30.5 Å². The zero-order valence-corrected chi connectivity index (χ0v) is 10.3. The average molecular weight is 245 g/mol. The van der Waals surface area contributed by atoms with Crippen molar-refractivity contribution in [2.45, 2.75) is 6.61 Å². The molecule has 2 N–H and O–H groups in total. The Labute approximate surface area is 105 Å². The Balaban J connectivity index is 2.47. The molecule has 2 rings (SSSR count). The van der Waals surface area contributed by atoms with Gasteiger partial charge in [0.2, 0.25) is 0 Å². The van der Waals surface area contributed by atoms with Gasteiger partial charge in [-0.25, -0.2) is 4.98 Å². The van der Waals surface area contributed by atoms with E-state index in [0.29, 0.717) is 17.1 Å². The number of rotatable bonds is 3. The van der Waals surface area contributed by atoms with Crippen LogP contribution in [0.2, 0.25) is 0 Å². The molecule has 2 heterocycles. The highest BCUT2D eigenvalue weighted by Gasteiger charge is 2.07. The number of aromatic nitrogens is 2. The van der Waals surface area contributed by atoms with Gasteiger partial charge in [0.1, 0.15) is 5.75 Å². The highest BCUT2D eigenvalue weighted by Crippen LogP contribution is 2.23. The van der Waals surface area contributed by atoms with Crippen LogP contribution in [-0.2, 0) is 6.61 Å². The fraction of sp³-hybridized carbons (Fsp3) is 0.231. The van der Waals surface area contributed by atoms with Crippen molar-refractivity contribution in [3.63, 3.8) is 0 Å². The molecule has 0 saturated carbocycles. The van der Waals surface area contributed by atoms with E-state index >= 15 is 0 Å². The van der Waals surface area contributed by atoms with Gasteiger partial charge in [0.15, 0.2) is 0 Å². The first kappa shape index (κ1) is 12.3.